The van der Waals surface area contributed by atoms with E-state index in [1.807, 2.05) is 0 Å². The molecule has 1 saturated heterocycles. The van der Waals surface area contributed by atoms with Crippen LogP contribution in [0.3, 0.4) is 0 Å². The van der Waals surface area contributed by atoms with E-state index in [0.29, 0.717) is 19.0 Å². The van der Waals surface area contributed by atoms with Gasteiger partial charge in [0.05, 0.1) is 0 Å². The molecule has 2 N–H and O–H groups in total. The Balaban J connectivity index is 2.22. The zero-order chi connectivity index (χ0) is 16.5. The second-order valence-electron chi connectivity index (χ2n) is 5.92. The minimum absolute atomic E-state index is 0.0322. The van der Waals surface area contributed by atoms with Gasteiger partial charge in [-0.15, -0.1) is 0 Å². The molecule has 1 aromatic heterocycles. The molecule has 124 valence electrons. The highest BCUT2D eigenvalue weighted by molar-refractivity contribution is 7.88. The minimum Gasteiger partial charge on any atom is -0.438 e. The molecule has 1 aliphatic rings. The van der Waals surface area contributed by atoms with Crippen molar-refractivity contribution in [2.24, 2.45) is 11.7 Å². The summed E-state index contributed by atoms with van der Waals surface area (Å²) in [5, 5.41) is -0.226. The standard InChI is InChI=1S/C14H23N3O4S/c1-10-6-7-17(11(8-10)9-15)14(18)12-4-5-13(21-12)22(19,20)16(2)3/h4-5,10-11H,6-9,15H2,1-3H3. The summed E-state index contributed by atoms with van der Waals surface area (Å²) in [6.07, 6.45) is 1.76. The Labute approximate surface area is 131 Å². The Kier molecular flexibility index (Phi) is 4.93. The fourth-order valence-corrected chi connectivity index (χ4v) is 3.43. The number of nitrogens with zero attached hydrogens (tertiary/aromatic N) is 2. The lowest BCUT2D eigenvalue weighted by Gasteiger charge is -2.37. The molecule has 2 unspecified atom stereocenters. The fourth-order valence-electron chi connectivity index (χ4n) is 2.64. The maximum atomic E-state index is 12.6. The zero-order valence-corrected chi connectivity index (χ0v) is 14.0. The summed E-state index contributed by atoms with van der Waals surface area (Å²) < 4.78 is 30.3. The first-order chi connectivity index (χ1) is 10.3. The van der Waals surface area contributed by atoms with Crippen LogP contribution in [0.2, 0.25) is 0 Å². The number of nitrogens with two attached hydrogens (primary N) is 1. The number of likely N-dealkylation sites (tertiary alicyclic amines) is 1. The number of hydrogen-bond acceptors (Lipinski definition) is 5. The maximum absolute atomic E-state index is 12.6. The number of amides is 1. The highest BCUT2D eigenvalue weighted by Crippen LogP contribution is 2.25. The molecule has 0 spiro atoms. The Bertz CT molecular complexity index is 638. The number of piperidine rings is 1. The number of carbonyl (C=O) groups excluding carboxylic acids is 1. The van der Waals surface area contributed by atoms with Crippen molar-refractivity contribution in [3.63, 3.8) is 0 Å². The van der Waals surface area contributed by atoms with E-state index in [9.17, 15) is 13.2 Å². The molecule has 22 heavy (non-hydrogen) atoms. The second-order valence-corrected chi connectivity index (χ2v) is 8.01. The third-order valence-corrected chi connectivity index (χ3v) is 5.73. The van der Waals surface area contributed by atoms with Gasteiger partial charge in [0, 0.05) is 33.2 Å². The SMILES string of the molecule is CC1CCN(C(=O)c2ccc(S(=O)(=O)N(C)C)o2)C(CN)C1. The van der Waals surface area contributed by atoms with Gasteiger partial charge < -0.3 is 15.1 Å². The average molecular weight is 329 g/mol. The Morgan fingerprint density at radius 2 is 2.14 bits per heavy atom. The lowest BCUT2D eigenvalue weighted by Crippen LogP contribution is -2.49. The largest absolute Gasteiger partial charge is 0.438 e. The van der Waals surface area contributed by atoms with Crippen molar-refractivity contribution < 1.29 is 17.6 Å². The van der Waals surface area contributed by atoms with Crippen molar-refractivity contribution in [1.29, 1.82) is 0 Å². The van der Waals surface area contributed by atoms with Gasteiger partial charge in [-0.2, -0.15) is 0 Å². The highest BCUT2D eigenvalue weighted by Gasteiger charge is 2.32. The number of furan rings is 1. The predicted molar refractivity (Wildman–Crippen MR) is 81.9 cm³/mol. The van der Waals surface area contributed by atoms with Crippen molar-refractivity contribution in [3.8, 4) is 0 Å². The molecular formula is C14H23N3O4S. The van der Waals surface area contributed by atoms with Gasteiger partial charge in [-0.1, -0.05) is 6.92 Å². The topological polar surface area (TPSA) is 96.9 Å². The molecule has 0 aromatic carbocycles. The van der Waals surface area contributed by atoms with Gasteiger partial charge in [-0.3, -0.25) is 4.79 Å². The summed E-state index contributed by atoms with van der Waals surface area (Å²) in [6.45, 7) is 3.14. The van der Waals surface area contributed by atoms with Gasteiger partial charge >= 0.3 is 0 Å². The molecule has 1 amide bonds. The van der Waals surface area contributed by atoms with Crippen molar-refractivity contribution in [3.05, 3.63) is 17.9 Å². The molecular weight excluding hydrogens is 306 g/mol. The van der Waals surface area contributed by atoms with Crippen LogP contribution in [0, 0.1) is 5.92 Å². The first kappa shape index (κ1) is 17.0. The van der Waals surface area contributed by atoms with Gasteiger partial charge in [0.2, 0.25) is 5.09 Å². The van der Waals surface area contributed by atoms with E-state index in [1.165, 1.54) is 26.2 Å². The molecule has 0 radical (unpaired) electrons. The number of hydrogen-bond donors (Lipinski definition) is 1. The van der Waals surface area contributed by atoms with E-state index in [4.69, 9.17) is 10.2 Å². The Morgan fingerprint density at radius 1 is 1.45 bits per heavy atom. The van der Waals surface area contributed by atoms with E-state index in [2.05, 4.69) is 6.92 Å². The Morgan fingerprint density at radius 3 is 2.73 bits per heavy atom. The number of rotatable bonds is 4. The third-order valence-electron chi connectivity index (χ3n) is 4.04. The first-order valence-corrected chi connectivity index (χ1v) is 8.74. The monoisotopic (exact) mass is 329 g/mol. The van der Waals surface area contributed by atoms with Crippen molar-refractivity contribution >= 4 is 15.9 Å². The summed E-state index contributed by atoms with van der Waals surface area (Å²) in [6, 6.07) is 2.69. The van der Waals surface area contributed by atoms with Gasteiger partial charge in [0.25, 0.3) is 15.9 Å². The zero-order valence-electron chi connectivity index (χ0n) is 13.2. The fraction of sp³-hybridized carbons (Fsp3) is 0.643. The highest BCUT2D eigenvalue weighted by atomic mass is 32.2. The van der Waals surface area contributed by atoms with Crippen LogP contribution in [0.5, 0.6) is 0 Å². The van der Waals surface area contributed by atoms with Crippen LogP contribution in [0.4, 0.5) is 0 Å². The van der Waals surface area contributed by atoms with Crippen LogP contribution < -0.4 is 5.73 Å². The number of carbonyl (C=O) groups is 1. The lowest BCUT2D eigenvalue weighted by molar-refractivity contribution is 0.0536. The van der Waals surface area contributed by atoms with E-state index < -0.39 is 10.0 Å². The van der Waals surface area contributed by atoms with Crippen LogP contribution >= 0.6 is 0 Å². The average Bonchev–Trinajstić information content (AvgIpc) is 2.96. The van der Waals surface area contributed by atoms with Gasteiger partial charge in [-0.25, -0.2) is 12.7 Å². The Hall–Kier alpha value is -1.38. The van der Waals surface area contributed by atoms with Gasteiger partial charge in [-0.05, 0) is 30.9 Å². The summed E-state index contributed by atoms with van der Waals surface area (Å²) >= 11 is 0. The molecule has 2 heterocycles. The summed E-state index contributed by atoms with van der Waals surface area (Å²) in [5.41, 5.74) is 5.76. The van der Waals surface area contributed by atoms with Crippen molar-refractivity contribution in [2.75, 3.05) is 27.2 Å². The predicted octanol–water partition coefficient (Wildman–Crippen LogP) is 0.729. The third kappa shape index (κ3) is 3.18. The molecule has 1 fully saturated rings. The molecule has 1 aliphatic heterocycles. The minimum atomic E-state index is -3.68. The van der Waals surface area contributed by atoms with Crippen LogP contribution in [-0.2, 0) is 10.0 Å². The van der Waals surface area contributed by atoms with Gasteiger partial charge in [0.1, 0.15) is 0 Å². The molecule has 2 atom stereocenters. The van der Waals surface area contributed by atoms with E-state index in [-0.39, 0.29) is 22.8 Å². The van der Waals surface area contributed by atoms with Crippen LogP contribution in [0.25, 0.3) is 0 Å². The second kappa shape index (κ2) is 6.39. The van der Waals surface area contributed by atoms with E-state index in [1.54, 1.807) is 4.90 Å². The van der Waals surface area contributed by atoms with Gasteiger partial charge in [0.15, 0.2) is 5.76 Å². The van der Waals surface area contributed by atoms with Crippen LogP contribution in [0.1, 0.15) is 30.3 Å². The quantitative estimate of drug-likeness (QED) is 0.878. The lowest BCUT2D eigenvalue weighted by atomic mass is 9.92. The van der Waals surface area contributed by atoms with E-state index in [0.717, 1.165) is 17.1 Å². The smallest absolute Gasteiger partial charge is 0.289 e. The first-order valence-electron chi connectivity index (χ1n) is 7.30. The molecule has 0 saturated carbocycles. The van der Waals surface area contributed by atoms with Crippen LogP contribution in [-0.4, -0.2) is 56.8 Å². The summed E-state index contributed by atoms with van der Waals surface area (Å²) in [7, 11) is -0.852. The molecule has 1 aromatic rings. The maximum Gasteiger partial charge on any atom is 0.289 e. The summed E-state index contributed by atoms with van der Waals surface area (Å²) in [4.78, 5) is 14.2. The number of sulfonamides is 1. The van der Waals surface area contributed by atoms with E-state index >= 15 is 0 Å². The molecule has 7 nitrogen and oxygen atoms in total. The van der Waals surface area contributed by atoms with Crippen molar-refractivity contribution in [1.82, 2.24) is 9.21 Å². The summed E-state index contributed by atoms with van der Waals surface area (Å²) in [5.74, 6) is 0.259. The molecule has 0 bridgehead atoms. The van der Waals surface area contributed by atoms with Crippen LogP contribution in [0.15, 0.2) is 21.6 Å². The normalized spacial score (nSPS) is 23.0. The molecule has 2 rings (SSSR count). The van der Waals surface area contributed by atoms with Crippen molar-refractivity contribution in [2.45, 2.75) is 30.9 Å². The molecule has 8 heteroatoms. The molecule has 0 aliphatic carbocycles.